The first kappa shape index (κ1) is 14.4. The van der Waals surface area contributed by atoms with Crippen molar-refractivity contribution in [3.8, 4) is 0 Å². The first-order valence-electron chi connectivity index (χ1n) is 7.08. The van der Waals surface area contributed by atoms with Gasteiger partial charge in [-0.2, -0.15) is 0 Å². The lowest BCUT2D eigenvalue weighted by atomic mass is 9.65. The quantitative estimate of drug-likeness (QED) is 0.853. The zero-order valence-electron chi connectivity index (χ0n) is 12.0. The lowest BCUT2D eigenvalue weighted by Crippen LogP contribution is -2.37. The Morgan fingerprint density at radius 2 is 1.95 bits per heavy atom. The minimum Gasteiger partial charge on any atom is -0.313 e. The van der Waals surface area contributed by atoms with Gasteiger partial charge in [-0.05, 0) is 48.9 Å². The van der Waals surface area contributed by atoms with E-state index < -0.39 is 11.6 Å². The Bertz CT molecular complexity index is 442. The van der Waals surface area contributed by atoms with Gasteiger partial charge in [-0.15, -0.1) is 0 Å². The van der Waals surface area contributed by atoms with Crippen LogP contribution < -0.4 is 5.32 Å². The Morgan fingerprint density at radius 3 is 2.53 bits per heavy atom. The van der Waals surface area contributed by atoms with Gasteiger partial charge in [-0.1, -0.05) is 32.8 Å². The zero-order valence-corrected chi connectivity index (χ0v) is 12.0. The van der Waals surface area contributed by atoms with Gasteiger partial charge in [0.2, 0.25) is 0 Å². The third kappa shape index (κ3) is 2.97. The van der Waals surface area contributed by atoms with E-state index in [2.05, 4.69) is 19.2 Å². The number of hydrogen-bond acceptors (Lipinski definition) is 1. The van der Waals surface area contributed by atoms with Crippen LogP contribution in [0.5, 0.6) is 0 Å². The maximum Gasteiger partial charge on any atom is 0.159 e. The van der Waals surface area contributed by atoms with E-state index in [4.69, 9.17) is 0 Å². The van der Waals surface area contributed by atoms with Crippen molar-refractivity contribution in [2.45, 2.75) is 45.6 Å². The molecule has 2 atom stereocenters. The normalized spacial score (nSPS) is 24.2. The lowest BCUT2D eigenvalue weighted by molar-refractivity contribution is 0.101. The Labute approximate surface area is 114 Å². The van der Waals surface area contributed by atoms with Crippen LogP contribution in [0.2, 0.25) is 0 Å². The molecule has 1 aromatic carbocycles. The van der Waals surface area contributed by atoms with Crippen molar-refractivity contribution in [1.82, 2.24) is 5.32 Å². The van der Waals surface area contributed by atoms with Crippen LogP contribution in [0.25, 0.3) is 0 Å². The second-order valence-electron chi connectivity index (χ2n) is 6.28. The Morgan fingerprint density at radius 1 is 1.21 bits per heavy atom. The number of benzene rings is 1. The summed E-state index contributed by atoms with van der Waals surface area (Å²) in [5, 5.41) is 3.30. The molecule has 0 bridgehead atoms. The van der Waals surface area contributed by atoms with Crippen LogP contribution in [0.4, 0.5) is 8.78 Å². The van der Waals surface area contributed by atoms with Crippen molar-refractivity contribution in [1.29, 1.82) is 0 Å². The summed E-state index contributed by atoms with van der Waals surface area (Å²) in [4.78, 5) is 0. The molecule has 106 valence electrons. The van der Waals surface area contributed by atoms with Gasteiger partial charge in [0.05, 0.1) is 0 Å². The average Bonchev–Trinajstić information content (AvgIpc) is 2.36. The van der Waals surface area contributed by atoms with Gasteiger partial charge in [0, 0.05) is 6.04 Å². The molecule has 1 fully saturated rings. The fourth-order valence-corrected chi connectivity index (χ4v) is 3.44. The van der Waals surface area contributed by atoms with E-state index >= 15 is 0 Å². The van der Waals surface area contributed by atoms with Crippen LogP contribution in [-0.4, -0.2) is 7.05 Å². The Balaban J connectivity index is 2.30. The molecule has 0 saturated heterocycles. The Hall–Kier alpha value is -0.960. The third-order valence-corrected chi connectivity index (χ3v) is 4.61. The fraction of sp³-hybridized carbons (Fsp3) is 0.625. The average molecular weight is 267 g/mol. The van der Waals surface area contributed by atoms with Crippen molar-refractivity contribution in [2.75, 3.05) is 7.05 Å². The first-order chi connectivity index (χ1) is 8.95. The molecule has 0 aromatic heterocycles. The first-order valence-corrected chi connectivity index (χ1v) is 7.08. The Kier molecular flexibility index (Phi) is 4.24. The van der Waals surface area contributed by atoms with Gasteiger partial charge in [-0.25, -0.2) is 8.78 Å². The largest absolute Gasteiger partial charge is 0.313 e. The molecule has 1 aliphatic carbocycles. The van der Waals surface area contributed by atoms with Crippen LogP contribution in [0.3, 0.4) is 0 Å². The highest BCUT2D eigenvalue weighted by atomic mass is 19.2. The van der Waals surface area contributed by atoms with E-state index in [1.54, 1.807) is 6.07 Å². The third-order valence-electron chi connectivity index (χ3n) is 4.61. The van der Waals surface area contributed by atoms with Crippen molar-refractivity contribution in [3.05, 3.63) is 35.4 Å². The highest BCUT2D eigenvalue weighted by Gasteiger charge is 2.37. The molecule has 19 heavy (non-hydrogen) atoms. The van der Waals surface area contributed by atoms with E-state index in [1.165, 1.54) is 31.4 Å². The SMILES string of the molecule is CNC(c1ccc(F)c(F)c1)C1CCCCC1(C)C. The molecule has 1 aromatic rings. The standard InChI is InChI=1S/C16H23F2N/c1-16(2)9-5-4-6-12(16)15(19-3)11-7-8-13(17)14(18)10-11/h7-8,10,12,15,19H,4-6,9H2,1-3H3. The highest BCUT2D eigenvalue weighted by Crippen LogP contribution is 2.46. The highest BCUT2D eigenvalue weighted by molar-refractivity contribution is 5.22. The predicted octanol–water partition coefficient (Wildman–Crippen LogP) is 4.44. The maximum atomic E-state index is 13.4. The van der Waals surface area contributed by atoms with Crippen LogP contribution in [0, 0.1) is 23.0 Å². The lowest BCUT2D eigenvalue weighted by Gasteiger charge is -2.43. The topological polar surface area (TPSA) is 12.0 Å². The molecule has 0 amide bonds. The van der Waals surface area contributed by atoms with Crippen molar-refractivity contribution < 1.29 is 8.78 Å². The van der Waals surface area contributed by atoms with E-state index in [-0.39, 0.29) is 11.5 Å². The maximum absolute atomic E-state index is 13.4. The van der Waals surface area contributed by atoms with Crippen molar-refractivity contribution >= 4 is 0 Å². The molecule has 0 spiro atoms. The van der Waals surface area contributed by atoms with Crippen LogP contribution in [0.1, 0.15) is 51.1 Å². The molecule has 1 saturated carbocycles. The summed E-state index contributed by atoms with van der Waals surface area (Å²) >= 11 is 0. The molecule has 1 aliphatic rings. The summed E-state index contributed by atoms with van der Waals surface area (Å²) < 4.78 is 26.5. The number of halogens is 2. The molecule has 1 nitrogen and oxygen atoms in total. The zero-order chi connectivity index (χ0) is 14.0. The van der Waals surface area contributed by atoms with Gasteiger partial charge in [-0.3, -0.25) is 0 Å². The summed E-state index contributed by atoms with van der Waals surface area (Å²) in [6.45, 7) is 4.56. The fourth-order valence-electron chi connectivity index (χ4n) is 3.44. The molecule has 2 unspecified atom stereocenters. The minimum atomic E-state index is -0.776. The van der Waals surface area contributed by atoms with Crippen molar-refractivity contribution in [3.63, 3.8) is 0 Å². The van der Waals surface area contributed by atoms with Gasteiger partial charge >= 0.3 is 0 Å². The minimum absolute atomic E-state index is 0.0883. The van der Waals surface area contributed by atoms with Gasteiger partial charge in [0.15, 0.2) is 11.6 Å². The van der Waals surface area contributed by atoms with Crippen LogP contribution in [0.15, 0.2) is 18.2 Å². The van der Waals surface area contributed by atoms with E-state index in [0.29, 0.717) is 5.92 Å². The predicted molar refractivity (Wildman–Crippen MR) is 73.9 cm³/mol. The summed E-state index contributed by atoms with van der Waals surface area (Å²) in [6, 6.07) is 4.35. The summed E-state index contributed by atoms with van der Waals surface area (Å²) in [5.74, 6) is -1.08. The second kappa shape index (κ2) is 5.58. The monoisotopic (exact) mass is 267 g/mol. The summed E-state index contributed by atoms with van der Waals surface area (Å²) in [5.41, 5.74) is 1.08. The van der Waals surface area contributed by atoms with Crippen LogP contribution >= 0.6 is 0 Å². The van der Waals surface area contributed by atoms with Crippen LogP contribution in [-0.2, 0) is 0 Å². The molecular formula is C16H23F2N. The van der Waals surface area contributed by atoms with E-state index in [9.17, 15) is 8.78 Å². The number of rotatable bonds is 3. The summed E-state index contributed by atoms with van der Waals surface area (Å²) in [7, 11) is 1.90. The molecule has 1 N–H and O–H groups in total. The molecule has 0 aliphatic heterocycles. The molecule has 0 heterocycles. The molecule has 3 heteroatoms. The van der Waals surface area contributed by atoms with Gasteiger partial charge in [0.25, 0.3) is 0 Å². The number of nitrogens with one attached hydrogen (secondary N) is 1. The molecular weight excluding hydrogens is 244 g/mol. The van der Waals surface area contributed by atoms with E-state index in [1.807, 2.05) is 7.05 Å². The second-order valence-corrected chi connectivity index (χ2v) is 6.28. The van der Waals surface area contributed by atoms with Gasteiger partial charge < -0.3 is 5.32 Å². The molecule has 2 rings (SSSR count). The van der Waals surface area contributed by atoms with Crippen molar-refractivity contribution in [2.24, 2.45) is 11.3 Å². The van der Waals surface area contributed by atoms with Gasteiger partial charge in [0.1, 0.15) is 0 Å². The smallest absolute Gasteiger partial charge is 0.159 e. The van der Waals surface area contributed by atoms with E-state index in [0.717, 1.165) is 12.0 Å². The summed E-state index contributed by atoms with van der Waals surface area (Å²) in [6.07, 6.45) is 4.81. The number of hydrogen-bond donors (Lipinski definition) is 1. The molecule has 0 radical (unpaired) electrons.